The van der Waals surface area contributed by atoms with Gasteiger partial charge in [0.1, 0.15) is 0 Å². The number of allylic oxidation sites excluding steroid dienone is 4. The Bertz CT molecular complexity index is 330. The molecule has 0 aromatic rings. The molecule has 1 unspecified atom stereocenters. The van der Waals surface area contributed by atoms with Gasteiger partial charge in [0, 0.05) is 10.2 Å². The number of halogens is 1. The molecule has 1 heterocycles. The molecule has 4 heteroatoms. The molecule has 1 saturated heterocycles. The van der Waals surface area contributed by atoms with Crippen LogP contribution >= 0.6 is 15.9 Å². The van der Waals surface area contributed by atoms with Gasteiger partial charge in [0.15, 0.2) is 0 Å². The van der Waals surface area contributed by atoms with Gasteiger partial charge in [-0.2, -0.15) is 0 Å². The van der Waals surface area contributed by atoms with Gasteiger partial charge in [-0.15, -0.1) is 0 Å². The third kappa shape index (κ3) is 0.948. The monoisotopic (exact) mass is 227 g/mol. The molecule has 0 spiro atoms. The van der Waals surface area contributed by atoms with Crippen molar-refractivity contribution in [1.82, 2.24) is 5.32 Å². The summed E-state index contributed by atoms with van der Waals surface area (Å²) in [7, 11) is 0. The van der Waals surface area contributed by atoms with Crippen LogP contribution in [0.15, 0.2) is 22.3 Å². The molecule has 0 saturated carbocycles. The number of ketones is 1. The van der Waals surface area contributed by atoms with Gasteiger partial charge in [-0.1, -0.05) is 12.2 Å². The first-order chi connectivity index (χ1) is 5.70. The highest BCUT2D eigenvalue weighted by Crippen LogP contribution is 2.31. The maximum Gasteiger partial charge on any atom is 0.292 e. The van der Waals surface area contributed by atoms with E-state index in [1.165, 1.54) is 0 Å². The Morgan fingerprint density at radius 1 is 1.50 bits per heavy atom. The zero-order valence-corrected chi connectivity index (χ0v) is 7.72. The fraction of sp³-hybridized carbons (Fsp3) is 0.250. The zero-order valence-electron chi connectivity index (χ0n) is 6.13. The number of Topliss-reactive ketones (excluding diaryl/α,β-unsaturated/α-hetero) is 1. The quantitative estimate of drug-likeness (QED) is 0.625. The number of nitrogens with one attached hydrogen (secondary N) is 1. The summed E-state index contributed by atoms with van der Waals surface area (Å²) in [5, 5.41) is 2.55. The molecule has 0 radical (unpaired) electrons. The highest BCUT2D eigenvalue weighted by Gasteiger charge is 2.38. The van der Waals surface area contributed by atoms with E-state index in [-0.39, 0.29) is 11.7 Å². The lowest BCUT2D eigenvalue weighted by atomic mass is 9.96. The van der Waals surface area contributed by atoms with Gasteiger partial charge >= 0.3 is 0 Å². The van der Waals surface area contributed by atoms with Crippen molar-refractivity contribution in [2.75, 3.05) is 0 Å². The van der Waals surface area contributed by atoms with Crippen LogP contribution in [0.5, 0.6) is 0 Å². The third-order valence-corrected chi connectivity index (χ3v) is 2.72. The standard InChI is InChI=1S/C8H6BrNO2/c9-5-3-1-2-4-6(5)10-8(12)7(4)11/h1,3-4H,2H2,(H,10,12). The first kappa shape index (κ1) is 7.73. The van der Waals surface area contributed by atoms with E-state index < -0.39 is 5.91 Å². The van der Waals surface area contributed by atoms with Crippen molar-refractivity contribution in [3.05, 3.63) is 22.3 Å². The van der Waals surface area contributed by atoms with Crippen LogP contribution in [-0.4, -0.2) is 11.7 Å². The topological polar surface area (TPSA) is 46.2 Å². The van der Waals surface area contributed by atoms with Crippen molar-refractivity contribution in [3.63, 3.8) is 0 Å². The van der Waals surface area contributed by atoms with E-state index >= 15 is 0 Å². The van der Waals surface area contributed by atoms with E-state index in [4.69, 9.17) is 0 Å². The van der Waals surface area contributed by atoms with Crippen molar-refractivity contribution < 1.29 is 9.59 Å². The van der Waals surface area contributed by atoms with Crippen LogP contribution in [-0.2, 0) is 9.59 Å². The minimum Gasteiger partial charge on any atom is -0.321 e. The Kier molecular flexibility index (Phi) is 1.65. The molecule has 12 heavy (non-hydrogen) atoms. The van der Waals surface area contributed by atoms with Crippen LogP contribution in [0, 0.1) is 5.92 Å². The number of rotatable bonds is 0. The summed E-state index contributed by atoms with van der Waals surface area (Å²) in [6, 6.07) is 0. The fourth-order valence-corrected chi connectivity index (χ4v) is 1.97. The second-order valence-electron chi connectivity index (χ2n) is 2.77. The number of fused-ring (bicyclic) bond motifs is 1. The first-order valence-electron chi connectivity index (χ1n) is 3.61. The summed E-state index contributed by atoms with van der Waals surface area (Å²) < 4.78 is 0.804. The third-order valence-electron chi connectivity index (χ3n) is 2.03. The largest absolute Gasteiger partial charge is 0.321 e. The highest BCUT2D eigenvalue weighted by atomic mass is 79.9. The minimum absolute atomic E-state index is 0.267. The van der Waals surface area contributed by atoms with Gasteiger partial charge in [0.25, 0.3) is 5.91 Å². The van der Waals surface area contributed by atoms with Crippen molar-refractivity contribution in [2.45, 2.75) is 6.42 Å². The van der Waals surface area contributed by atoms with Crippen molar-refractivity contribution in [2.24, 2.45) is 5.92 Å². The SMILES string of the molecule is O=C1NC2=C(Br)C=CCC2C1=O. The van der Waals surface area contributed by atoms with Crippen LogP contribution in [0.4, 0.5) is 0 Å². The van der Waals surface area contributed by atoms with Crippen LogP contribution in [0.25, 0.3) is 0 Å². The normalized spacial score (nSPS) is 27.6. The maximum absolute atomic E-state index is 11.2. The molecule has 3 nitrogen and oxygen atoms in total. The fourth-order valence-electron chi connectivity index (χ4n) is 1.41. The second kappa shape index (κ2) is 2.55. The van der Waals surface area contributed by atoms with Crippen LogP contribution in [0.3, 0.4) is 0 Å². The van der Waals surface area contributed by atoms with Crippen LogP contribution in [0.1, 0.15) is 6.42 Å². The number of carbonyl (C=O) groups is 2. The van der Waals surface area contributed by atoms with Crippen molar-refractivity contribution >= 4 is 27.6 Å². The van der Waals surface area contributed by atoms with Crippen LogP contribution in [0.2, 0.25) is 0 Å². The van der Waals surface area contributed by atoms with E-state index in [1.54, 1.807) is 0 Å². The predicted molar refractivity (Wildman–Crippen MR) is 46.3 cm³/mol. The Morgan fingerprint density at radius 2 is 2.25 bits per heavy atom. The zero-order chi connectivity index (χ0) is 8.72. The number of hydrogen-bond acceptors (Lipinski definition) is 2. The Labute approximate surface area is 77.6 Å². The Morgan fingerprint density at radius 3 is 2.92 bits per heavy atom. The van der Waals surface area contributed by atoms with E-state index in [0.717, 1.165) is 4.48 Å². The lowest BCUT2D eigenvalue weighted by Crippen LogP contribution is -2.18. The number of amides is 1. The Balaban J connectivity index is 2.45. The second-order valence-corrected chi connectivity index (χ2v) is 3.62. The summed E-state index contributed by atoms with van der Waals surface area (Å²) in [5.41, 5.74) is 0.715. The number of hydrogen-bond donors (Lipinski definition) is 1. The summed E-state index contributed by atoms with van der Waals surface area (Å²) >= 11 is 3.28. The van der Waals surface area contributed by atoms with E-state index in [9.17, 15) is 9.59 Å². The molecular formula is C8H6BrNO2. The van der Waals surface area contributed by atoms with Gasteiger partial charge in [0.05, 0.1) is 5.92 Å². The molecule has 62 valence electrons. The minimum atomic E-state index is -0.490. The number of carbonyl (C=O) groups excluding carboxylic acids is 2. The lowest BCUT2D eigenvalue weighted by Gasteiger charge is -2.11. The van der Waals surface area contributed by atoms with E-state index in [1.807, 2.05) is 12.2 Å². The predicted octanol–water partition coefficient (Wildman–Crippen LogP) is 0.868. The van der Waals surface area contributed by atoms with E-state index in [2.05, 4.69) is 21.2 Å². The molecule has 1 atom stereocenters. The van der Waals surface area contributed by atoms with Crippen molar-refractivity contribution in [1.29, 1.82) is 0 Å². The molecule has 1 amide bonds. The molecule has 0 bridgehead atoms. The van der Waals surface area contributed by atoms with Gasteiger partial charge in [0.2, 0.25) is 5.78 Å². The van der Waals surface area contributed by atoms with Crippen molar-refractivity contribution in [3.8, 4) is 0 Å². The van der Waals surface area contributed by atoms with E-state index in [0.29, 0.717) is 12.1 Å². The average Bonchev–Trinajstić information content (AvgIpc) is 2.32. The van der Waals surface area contributed by atoms with Crippen LogP contribution < -0.4 is 5.32 Å². The summed E-state index contributed by atoms with van der Waals surface area (Å²) in [6.07, 6.45) is 4.36. The summed E-state index contributed by atoms with van der Waals surface area (Å²) in [5.74, 6) is -1.08. The molecule has 1 N–H and O–H groups in total. The first-order valence-corrected chi connectivity index (χ1v) is 4.41. The molecule has 1 aliphatic carbocycles. The molecule has 2 aliphatic rings. The highest BCUT2D eigenvalue weighted by molar-refractivity contribution is 9.11. The molecule has 1 aliphatic heterocycles. The van der Waals surface area contributed by atoms with Gasteiger partial charge in [-0.25, -0.2) is 0 Å². The summed E-state index contributed by atoms with van der Waals surface area (Å²) in [4.78, 5) is 22.1. The maximum atomic E-state index is 11.2. The Hall–Kier alpha value is -0.900. The smallest absolute Gasteiger partial charge is 0.292 e. The van der Waals surface area contributed by atoms with Gasteiger partial charge in [-0.3, -0.25) is 9.59 Å². The lowest BCUT2D eigenvalue weighted by molar-refractivity contribution is -0.136. The molecular weight excluding hydrogens is 222 g/mol. The van der Waals surface area contributed by atoms with Gasteiger partial charge in [-0.05, 0) is 22.4 Å². The van der Waals surface area contributed by atoms with Gasteiger partial charge < -0.3 is 5.32 Å². The summed E-state index contributed by atoms with van der Waals surface area (Å²) in [6.45, 7) is 0. The molecule has 2 rings (SSSR count). The molecule has 0 aromatic carbocycles. The molecule has 1 fully saturated rings. The average molecular weight is 228 g/mol. The molecule has 0 aromatic heterocycles.